The molecule has 0 saturated carbocycles. The summed E-state index contributed by atoms with van der Waals surface area (Å²) in [4.78, 5) is 37.4. The first-order valence-corrected chi connectivity index (χ1v) is 6.16. The van der Waals surface area contributed by atoms with Gasteiger partial charge < -0.3 is 5.11 Å². The fraction of sp³-hybridized carbons (Fsp3) is 0.750. The summed E-state index contributed by atoms with van der Waals surface area (Å²) in [5, 5.41) is 8.61. The van der Waals surface area contributed by atoms with E-state index in [4.69, 9.17) is 5.11 Å². The maximum absolute atomic E-state index is 12.1. The lowest BCUT2D eigenvalue weighted by Gasteiger charge is -2.24. The van der Waals surface area contributed by atoms with E-state index >= 15 is 0 Å². The van der Waals surface area contributed by atoms with E-state index in [0.29, 0.717) is 0 Å². The van der Waals surface area contributed by atoms with Crippen molar-refractivity contribution in [1.82, 2.24) is 9.80 Å². The Bertz CT molecular complexity index is 356. The van der Waals surface area contributed by atoms with E-state index in [0.717, 1.165) is 6.42 Å². The summed E-state index contributed by atoms with van der Waals surface area (Å²) in [5.41, 5.74) is 0. The van der Waals surface area contributed by atoms with Crippen LogP contribution in [0.15, 0.2) is 0 Å². The number of hydrogen-bond donors (Lipinski definition) is 1. The van der Waals surface area contributed by atoms with Gasteiger partial charge in [-0.15, -0.1) is 0 Å². The summed E-state index contributed by atoms with van der Waals surface area (Å²) in [5.74, 6) is -1.28. The Hall–Kier alpha value is -1.43. The molecule has 1 rings (SSSR count). The van der Waals surface area contributed by atoms with Crippen molar-refractivity contribution in [1.29, 1.82) is 0 Å². The fourth-order valence-electron chi connectivity index (χ4n) is 2.05. The molecule has 0 bridgehead atoms. The van der Waals surface area contributed by atoms with Crippen molar-refractivity contribution in [2.75, 3.05) is 13.6 Å². The van der Waals surface area contributed by atoms with Crippen LogP contribution in [0.1, 0.15) is 33.1 Å². The minimum absolute atomic E-state index is 0.0300. The molecule has 0 aromatic rings. The third-order valence-electron chi connectivity index (χ3n) is 3.40. The summed E-state index contributed by atoms with van der Waals surface area (Å²) >= 11 is 0. The number of imide groups is 1. The van der Waals surface area contributed by atoms with Crippen LogP contribution >= 0.6 is 0 Å². The Morgan fingerprint density at radius 3 is 2.67 bits per heavy atom. The van der Waals surface area contributed by atoms with Crippen molar-refractivity contribution < 1.29 is 19.5 Å². The monoisotopic (exact) mass is 256 g/mol. The summed E-state index contributed by atoms with van der Waals surface area (Å²) < 4.78 is 0. The number of carboxylic acid groups (broad SMARTS) is 1. The first-order chi connectivity index (χ1) is 8.38. The molecule has 1 aliphatic heterocycles. The molecule has 1 saturated heterocycles. The molecule has 0 aliphatic carbocycles. The molecule has 18 heavy (non-hydrogen) atoms. The van der Waals surface area contributed by atoms with E-state index in [-0.39, 0.29) is 37.2 Å². The molecule has 0 spiro atoms. The second-order valence-electron chi connectivity index (χ2n) is 4.70. The van der Waals surface area contributed by atoms with E-state index in [1.165, 1.54) is 4.90 Å². The second kappa shape index (κ2) is 5.95. The molecule has 2 unspecified atom stereocenters. The summed E-state index contributed by atoms with van der Waals surface area (Å²) in [6, 6.07) is -0.603. The molecule has 0 radical (unpaired) electrons. The number of rotatable bonds is 6. The van der Waals surface area contributed by atoms with Gasteiger partial charge in [0.05, 0.1) is 18.9 Å². The topological polar surface area (TPSA) is 77.9 Å². The van der Waals surface area contributed by atoms with Gasteiger partial charge in [-0.25, -0.2) is 0 Å². The van der Waals surface area contributed by atoms with Crippen LogP contribution in [0.4, 0.5) is 0 Å². The van der Waals surface area contributed by atoms with Crippen LogP contribution in [0.5, 0.6) is 0 Å². The molecule has 1 aliphatic rings. The highest BCUT2D eigenvalue weighted by Crippen LogP contribution is 2.21. The average Bonchev–Trinajstić information content (AvgIpc) is 2.61. The largest absolute Gasteiger partial charge is 0.481 e. The van der Waals surface area contributed by atoms with Gasteiger partial charge in [-0.05, 0) is 20.4 Å². The normalized spacial score (nSPS) is 21.8. The number of carbonyl (C=O) groups excluding carboxylic acids is 2. The van der Waals surface area contributed by atoms with E-state index < -0.39 is 12.0 Å². The molecule has 2 amide bonds. The van der Waals surface area contributed by atoms with Gasteiger partial charge in [-0.3, -0.25) is 24.2 Å². The summed E-state index contributed by atoms with van der Waals surface area (Å²) in [7, 11) is 1.68. The Kier molecular flexibility index (Phi) is 4.84. The Balaban J connectivity index is 2.67. The first kappa shape index (κ1) is 14.6. The lowest BCUT2D eigenvalue weighted by Crippen LogP contribution is -2.43. The summed E-state index contributed by atoms with van der Waals surface area (Å²) in [6.07, 6.45) is 0.847. The number of aliphatic carboxylic acids is 1. The molecular formula is C12H20N2O4. The van der Waals surface area contributed by atoms with Crippen LogP contribution in [-0.2, 0) is 14.4 Å². The quantitative estimate of drug-likeness (QED) is 0.692. The molecule has 0 aromatic carbocycles. The van der Waals surface area contributed by atoms with Crippen molar-refractivity contribution in [2.45, 2.75) is 45.2 Å². The first-order valence-electron chi connectivity index (χ1n) is 6.16. The van der Waals surface area contributed by atoms with Crippen LogP contribution in [0.2, 0.25) is 0 Å². The minimum atomic E-state index is -0.905. The van der Waals surface area contributed by atoms with Crippen LogP contribution in [0, 0.1) is 0 Å². The molecule has 1 N–H and O–H groups in total. The van der Waals surface area contributed by atoms with E-state index in [1.54, 1.807) is 11.9 Å². The number of nitrogens with zero attached hydrogens (tertiary/aromatic N) is 2. The Morgan fingerprint density at radius 2 is 2.17 bits per heavy atom. The molecule has 102 valence electrons. The third-order valence-corrected chi connectivity index (χ3v) is 3.40. The minimum Gasteiger partial charge on any atom is -0.481 e. The zero-order valence-corrected chi connectivity index (χ0v) is 11.0. The highest BCUT2D eigenvalue weighted by molar-refractivity contribution is 6.05. The highest BCUT2D eigenvalue weighted by atomic mass is 16.4. The van der Waals surface area contributed by atoms with Crippen molar-refractivity contribution in [3.63, 3.8) is 0 Å². The van der Waals surface area contributed by atoms with Crippen molar-refractivity contribution >= 4 is 17.8 Å². The number of amides is 2. The molecule has 0 aromatic heterocycles. The van der Waals surface area contributed by atoms with Crippen LogP contribution in [0.25, 0.3) is 0 Å². The zero-order chi connectivity index (χ0) is 13.9. The molecule has 1 fully saturated rings. The van der Waals surface area contributed by atoms with E-state index in [2.05, 4.69) is 0 Å². The Morgan fingerprint density at radius 1 is 1.56 bits per heavy atom. The lowest BCUT2D eigenvalue weighted by atomic mass is 10.2. The molecule has 2 atom stereocenters. The van der Waals surface area contributed by atoms with Gasteiger partial charge in [-0.1, -0.05) is 6.92 Å². The number of likely N-dealkylation sites (tertiary alicyclic amines) is 1. The van der Waals surface area contributed by atoms with Crippen molar-refractivity contribution in [3.8, 4) is 0 Å². The zero-order valence-electron chi connectivity index (χ0n) is 11.0. The Labute approximate surface area is 107 Å². The highest BCUT2D eigenvalue weighted by Gasteiger charge is 2.42. The van der Waals surface area contributed by atoms with Crippen molar-refractivity contribution in [2.24, 2.45) is 0 Å². The molecule has 6 nitrogen and oxygen atoms in total. The van der Waals surface area contributed by atoms with Gasteiger partial charge in [0.15, 0.2) is 0 Å². The van der Waals surface area contributed by atoms with Crippen LogP contribution < -0.4 is 0 Å². The molecular weight excluding hydrogens is 236 g/mol. The standard InChI is InChI=1S/C12H20N2O4/c1-4-8(2)14-10(15)7-9(12(14)18)13(3)6-5-11(16)17/h8-9H,4-7H2,1-3H3,(H,16,17). The van der Waals surface area contributed by atoms with Gasteiger partial charge in [0.2, 0.25) is 11.8 Å². The maximum Gasteiger partial charge on any atom is 0.304 e. The average molecular weight is 256 g/mol. The van der Waals surface area contributed by atoms with E-state index in [9.17, 15) is 14.4 Å². The van der Waals surface area contributed by atoms with Crippen LogP contribution in [-0.4, -0.2) is 58.4 Å². The SMILES string of the molecule is CCC(C)N1C(=O)CC(N(C)CCC(=O)O)C1=O. The van der Waals surface area contributed by atoms with Gasteiger partial charge in [-0.2, -0.15) is 0 Å². The second-order valence-corrected chi connectivity index (χ2v) is 4.70. The maximum atomic E-state index is 12.1. The fourth-order valence-corrected chi connectivity index (χ4v) is 2.05. The van der Waals surface area contributed by atoms with Crippen molar-refractivity contribution in [3.05, 3.63) is 0 Å². The predicted molar refractivity (Wildman–Crippen MR) is 64.9 cm³/mol. The predicted octanol–water partition coefficient (Wildman–Crippen LogP) is 0.319. The number of carbonyl (C=O) groups is 3. The lowest BCUT2D eigenvalue weighted by molar-refractivity contribution is -0.143. The van der Waals surface area contributed by atoms with Gasteiger partial charge >= 0.3 is 5.97 Å². The van der Waals surface area contributed by atoms with Crippen LogP contribution in [0.3, 0.4) is 0 Å². The smallest absolute Gasteiger partial charge is 0.304 e. The number of likely N-dealkylation sites (N-methyl/N-ethyl adjacent to an activating group) is 1. The third kappa shape index (κ3) is 3.07. The van der Waals surface area contributed by atoms with Gasteiger partial charge in [0, 0.05) is 12.6 Å². The van der Waals surface area contributed by atoms with Gasteiger partial charge in [0.25, 0.3) is 0 Å². The number of hydrogen-bond acceptors (Lipinski definition) is 4. The number of carboxylic acids is 1. The molecule has 6 heteroatoms. The van der Waals surface area contributed by atoms with E-state index in [1.807, 2.05) is 13.8 Å². The van der Waals surface area contributed by atoms with Gasteiger partial charge in [0.1, 0.15) is 0 Å². The molecule has 1 heterocycles. The summed E-state index contributed by atoms with van der Waals surface area (Å²) in [6.45, 7) is 4.04.